The van der Waals surface area contributed by atoms with Gasteiger partial charge in [0.15, 0.2) is 0 Å². The second kappa shape index (κ2) is 7.18. The van der Waals surface area contributed by atoms with Crippen molar-refractivity contribution in [2.45, 2.75) is 31.7 Å². The number of hydrogen-bond donors (Lipinski definition) is 1. The van der Waals surface area contributed by atoms with Crippen LogP contribution < -0.4 is 5.32 Å². The molecule has 0 spiro atoms. The van der Waals surface area contributed by atoms with Crippen LogP contribution in [0.1, 0.15) is 31.2 Å². The molecule has 1 saturated carbocycles. The molecule has 22 heavy (non-hydrogen) atoms. The molecule has 0 saturated heterocycles. The fraction of sp³-hybridized carbons (Fsp3) is 0.333. The number of nitro benzene ring substituents is 1. The average Bonchev–Trinajstić information content (AvgIpc) is 2.98. The Morgan fingerprint density at radius 1 is 1.45 bits per heavy atom. The fourth-order valence-corrected chi connectivity index (χ4v) is 2.80. The van der Waals surface area contributed by atoms with Gasteiger partial charge in [-0.3, -0.25) is 14.9 Å². The highest BCUT2D eigenvalue weighted by Crippen LogP contribution is 2.26. The molecule has 2 rings (SSSR count). The lowest BCUT2D eigenvalue weighted by atomic mass is 10.1. The van der Waals surface area contributed by atoms with Gasteiger partial charge in [-0.25, -0.2) is 0 Å². The molecule has 0 unspecified atom stereocenters. The second-order valence-electron chi connectivity index (χ2n) is 5.09. The Morgan fingerprint density at radius 2 is 2.14 bits per heavy atom. The maximum absolute atomic E-state index is 12.1. The molecule has 0 atom stereocenters. The fourth-order valence-electron chi connectivity index (χ4n) is 2.41. The van der Waals surface area contributed by atoms with Crippen molar-refractivity contribution >= 4 is 33.6 Å². The molecule has 1 aromatic carbocycles. The largest absolute Gasteiger partial charge is 0.349 e. The Morgan fingerprint density at radius 3 is 2.73 bits per heavy atom. The van der Waals surface area contributed by atoms with Gasteiger partial charge in [-0.1, -0.05) is 18.9 Å². The lowest BCUT2D eigenvalue weighted by Gasteiger charge is -2.10. The molecule has 1 aromatic rings. The molecule has 0 aromatic heterocycles. The number of carbonyl (C=O) groups excluding carboxylic acids is 1. The van der Waals surface area contributed by atoms with Gasteiger partial charge in [0.1, 0.15) is 11.6 Å². The molecule has 1 N–H and O–H groups in total. The number of nitro groups is 1. The van der Waals surface area contributed by atoms with Crippen LogP contribution in [0.4, 0.5) is 5.69 Å². The maximum atomic E-state index is 12.1. The van der Waals surface area contributed by atoms with Gasteiger partial charge < -0.3 is 5.32 Å². The number of amides is 1. The zero-order chi connectivity index (χ0) is 16.1. The van der Waals surface area contributed by atoms with Gasteiger partial charge in [0.25, 0.3) is 11.6 Å². The maximum Gasteiger partial charge on any atom is 0.284 e. The lowest BCUT2D eigenvalue weighted by Crippen LogP contribution is -2.33. The third-order valence-electron chi connectivity index (χ3n) is 3.53. The zero-order valence-electron chi connectivity index (χ0n) is 11.7. The van der Waals surface area contributed by atoms with E-state index in [1.54, 1.807) is 6.07 Å². The second-order valence-corrected chi connectivity index (χ2v) is 5.95. The van der Waals surface area contributed by atoms with Crippen LogP contribution in [0, 0.1) is 21.4 Å². The third-order valence-corrected chi connectivity index (χ3v) is 4.20. The molecular weight excluding hydrogens is 350 g/mol. The molecule has 0 heterocycles. The van der Waals surface area contributed by atoms with Crippen molar-refractivity contribution in [2.75, 3.05) is 0 Å². The van der Waals surface area contributed by atoms with Crippen molar-refractivity contribution in [3.63, 3.8) is 0 Å². The van der Waals surface area contributed by atoms with Crippen LogP contribution >= 0.6 is 15.9 Å². The lowest BCUT2D eigenvalue weighted by molar-refractivity contribution is -0.385. The molecule has 114 valence electrons. The smallest absolute Gasteiger partial charge is 0.284 e. The number of rotatable bonds is 4. The Balaban J connectivity index is 2.21. The number of halogens is 1. The Hall–Kier alpha value is -2.20. The molecule has 0 aliphatic heterocycles. The van der Waals surface area contributed by atoms with E-state index in [4.69, 9.17) is 5.26 Å². The van der Waals surface area contributed by atoms with E-state index in [1.165, 1.54) is 18.2 Å². The summed E-state index contributed by atoms with van der Waals surface area (Å²) in [4.78, 5) is 22.5. The number of hydrogen-bond acceptors (Lipinski definition) is 4. The molecule has 0 bridgehead atoms. The molecule has 6 nitrogen and oxygen atoms in total. The highest BCUT2D eigenvalue weighted by Gasteiger charge is 2.19. The summed E-state index contributed by atoms with van der Waals surface area (Å²) in [5.74, 6) is -0.431. The first-order valence-electron chi connectivity index (χ1n) is 6.88. The quantitative estimate of drug-likeness (QED) is 0.384. The van der Waals surface area contributed by atoms with E-state index < -0.39 is 10.8 Å². The highest BCUT2D eigenvalue weighted by molar-refractivity contribution is 9.10. The van der Waals surface area contributed by atoms with Gasteiger partial charge in [-0.15, -0.1) is 0 Å². The van der Waals surface area contributed by atoms with Gasteiger partial charge in [0, 0.05) is 12.1 Å². The van der Waals surface area contributed by atoms with Crippen LogP contribution in [0.2, 0.25) is 0 Å². The van der Waals surface area contributed by atoms with E-state index in [2.05, 4.69) is 21.2 Å². The number of nitriles is 1. The number of nitrogens with one attached hydrogen (secondary N) is 1. The van der Waals surface area contributed by atoms with Crippen LogP contribution in [0.25, 0.3) is 6.08 Å². The molecule has 7 heteroatoms. The number of benzene rings is 1. The molecule has 1 fully saturated rings. The van der Waals surface area contributed by atoms with Crippen LogP contribution in [0.5, 0.6) is 0 Å². The Bertz CT molecular complexity index is 673. The first-order valence-corrected chi connectivity index (χ1v) is 7.67. The summed E-state index contributed by atoms with van der Waals surface area (Å²) in [5.41, 5.74) is 0.277. The first kappa shape index (κ1) is 16.2. The van der Waals surface area contributed by atoms with E-state index in [-0.39, 0.29) is 17.3 Å². The van der Waals surface area contributed by atoms with Crippen molar-refractivity contribution in [3.8, 4) is 6.07 Å². The van der Waals surface area contributed by atoms with Crippen molar-refractivity contribution in [2.24, 2.45) is 0 Å². The van der Waals surface area contributed by atoms with Crippen molar-refractivity contribution < 1.29 is 9.72 Å². The summed E-state index contributed by atoms with van der Waals surface area (Å²) in [6.45, 7) is 0. The third kappa shape index (κ3) is 3.92. The van der Waals surface area contributed by atoms with Gasteiger partial charge in [-0.05, 0) is 46.5 Å². The first-order chi connectivity index (χ1) is 10.5. The summed E-state index contributed by atoms with van der Waals surface area (Å²) in [6, 6.07) is 6.42. The van der Waals surface area contributed by atoms with E-state index >= 15 is 0 Å². The van der Waals surface area contributed by atoms with E-state index in [9.17, 15) is 14.9 Å². The van der Waals surface area contributed by atoms with E-state index in [0.717, 1.165) is 25.7 Å². The van der Waals surface area contributed by atoms with E-state index in [1.807, 2.05) is 6.07 Å². The molecular formula is C15H14BrN3O3. The molecule has 1 aliphatic rings. The van der Waals surface area contributed by atoms with Crippen LogP contribution in [-0.4, -0.2) is 16.9 Å². The normalized spacial score (nSPS) is 15.4. The predicted octanol–water partition coefficient (Wildman–Crippen LogP) is 3.32. The van der Waals surface area contributed by atoms with Gasteiger partial charge in [0.2, 0.25) is 0 Å². The predicted molar refractivity (Wildman–Crippen MR) is 84.8 cm³/mol. The minimum Gasteiger partial charge on any atom is -0.349 e. The Labute approximate surface area is 136 Å². The van der Waals surface area contributed by atoms with Crippen molar-refractivity contribution in [3.05, 3.63) is 43.9 Å². The number of nitrogens with zero attached hydrogens (tertiary/aromatic N) is 2. The highest BCUT2D eigenvalue weighted by atomic mass is 79.9. The summed E-state index contributed by atoms with van der Waals surface area (Å²) >= 11 is 3.09. The average molecular weight is 364 g/mol. The van der Waals surface area contributed by atoms with Crippen LogP contribution in [0.15, 0.2) is 28.2 Å². The summed E-state index contributed by atoms with van der Waals surface area (Å²) in [6.07, 6.45) is 5.37. The van der Waals surface area contributed by atoms with Gasteiger partial charge >= 0.3 is 0 Å². The van der Waals surface area contributed by atoms with Gasteiger partial charge in [0.05, 0.1) is 9.40 Å². The van der Waals surface area contributed by atoms with E-state index in [0.29, 0.717) is 10.0 Å². The van der Waals surface area contributed by atoms with Gasteiger partial charge in [-0.2, -0.15) is 5.26 Å². The monoisotopic (exact) mass is 363 g/mol. The topological polar surface area (TPSA) is 96.0 Å². The molecule has 0 radical (unpaired) electrons. The molecule has 1 aliphatic carbocycles. The van der Waals surface area contributed by atoms with Crippen molar-refractivity contribution in [1.82, 2.24) is 5.32 Å². The Kier molecular flexibility index (Phi) is 5.28. The standard InChI is InChI=1S/C15H14BrN3O3/c16-13-6-5-10(8-14(13)19(21)22)7-11(9-17)15(20)18-12-3-1-2-4-12/h5-8,12H,1-4H2,(H,18,20). The summed E-state index contributed by atoms with van der Waals surface area (Å²) in [7, 11) is 0. The zero-order valence-corrected chi connectivity index (χ0v) is 13.3. The minimum absolute atomic E-state index is 0.0523. The van der Waals surface area contributed by atoms with Crippen molar-refractivity contribution in [1.29, 1.82) is 5.26 Å². The SMILES string of the molecule is N#CC(=Cc1ccc(Br)c([N+](=O)[O-])c1)C(=O)NC1CCCC1. The van der Waals surface area contributed by atoms with Crippen LogP contribution in [-0.2, 0) is 4.79 Å². The summed E-state index contributed by atoms with van der Waals surface area (Å²) < 4.78 is 0.351. The van der Waals surface area contributed by atoms with Crippen LogP contribution in [0.3, 0.4) is 0 Å². The number of carbonyl (C=O) groups is 1. The molecule has 1 amide bonds. The minimum atomic E-state index is -0.522. The summed E-state index contributed by atoms with van der Waals surface area (Å²) in [5, 5.41) is 22.9.